The number of rotatable bonds is 8. The van der Waals surface area contributed by atoms with Gasteiger partial charge in [-0.2, -0.15) is 8.78 Å². The van der Waals surface area contributed by atoms with Gasteiger partial charge in [0.25, 0.3) is 5.22 Å². The van der Waals surface area contributed by atoms with Crippen LogP contribution in [0.1, 0.15) is 29.7 Å². The number of halogens is 2. The van der Waals surface area contributed by atoms with Gasteiger partial charge in [0, 0.05) is 5.56 Å². The Balaban J connectivity index is 1.53. The van der Waals surface area contributed by atoms with Gasteiger partial charge in [-0.25, -0.2) is 0 Å². The number of ether oxygens (including phenoxy) is 1. The normalized spacial score (nSPS) is 12.1. The van der Waals surface area contributed by atoms with Crippen molar-refractivity contribution in [3.63, 3.8) is 0 Å². The molecule has 0 radical (unpaired) electrons. The fourth-order valence-electron chi connectivity index (χ4n) is 2.69. The van der Waals surface area contributed by atoms with Crippen LogP contribution in [0.2, 0.25) is 0 Å². The number of hydrogen-bond donors (Lipinski definition) is 1. The third-order valence-corrected chi connectivity index (χ3v) is 5.29. The number of amides is 1. The van der Waals surface area contributed by atoms with E-state index in [2.05, 4.69) is 26.3 Å². The zero-order valence-corrected chi connectivity index (χ0v) is 17.5. The molecule has 3 aromatic rings. The van der Waals surface area contributed by atoms with Crippen molar-refractivity contribution in [1.29, 1.82) is 0 Å². The van der Waals surface area contributed by atoms with Gasteiger partial charge in [-0.3, -0.25) is 4.79 Å². The molecule has 1 aromatic heterocycles. The average Bonchev–Trinajstić information content (AvgIpc) is 3.17. The van der Waals surface area contributed by atoms with Crippen molar-refractivity contribution in [2.24, 2.45) is 0 Å². The fourth-order valence-corrected chi connectivity index (χ4v) is 3.27. The molecule has 2 aromatic carbocycles. The van der Waals surface area contributed by atoms with Crippen molar-refractivity contribution in [3.05, 3.63) is 59.2 Å². The highest BCUT2D eigenvalue weighted by atomic mass is 32.2. The molecule has 6 nitrogen and oxygen atoms in total. The Morgan fingerprint density at radius 1 is 1.13 bits per heavy atom. The molecule has 1 N–H and O–H groups in total. The average molecular weight is 433 g/mol. The molecule has 0 aliphatic carbocycles. The van der Waals surface area contributed by atoms with Crippen LogP contribution in [0.5, 0.6) is 5.75 Å². The number of aryl methyl sites for hydroxylation is 2. The Kier molecular flexibility index (Phi) is 7.04. The van der Waals surface area contributed by atoms with Crippen molar-refractivity contribution in [2.75, 3.05) is 5.75 Å². The number of thioether (sulfide) groups is 1. The minimum Gasteiger partial charge on any atom is -0.435 e. The highest BCUT2D eigenvalue weighted by Gasteiger charge is 2.14. The van der Waals surface area contributed by atoms with Crippen molar-refractivity contribution < 1.29 is 22.7 Å². The van der Waals surface area contributed by atoms with E-state index >= 15 is 0 Å². The van der Waals surface area contributed by atoms with E-state index in [1.54, 1.807) is 0 Å². The maximum absolute atomic E-state index is 12.3. The van der Waals surface area contributed by atoms with Gasteiger partial charge in [-0.15, -0.1) is 10.2 Å². The lowest BCUT2D eigenvalue weighted by Crippen LogP contribution is -2.28. The standard InChI is InChI=1S/C21H21F2N3O3S/c1-12-4-5-16(10-13(12)2)14(3)24-18(27)11-30-21-26-25-19(29-21)15-6-8-17(9-7-15)28-20(22)23/h4-10,14,20H,11H2,1-3H3,(H,24,27). The quantitative estimate of drug-likeness (QED) is 0.508. The van der Waals surface area contributed by atoms with Gasteiger partial charge < -0.3 is 14.5 Å². The minimum atomic E-state index is -2.88. The van der Waals surface area contributed by atoms with E-state index < -0.39 is 6.61 Å². The first kappa shape index (κ1) is 21.8. The molecule has 0 fully saturated rings. The first-order chi connectivity index (χ1) is 14.3. The lowest BCUT2D eigenvalue weighted by atomic mass is 10.0. The highest BCUT2D eigenvalue weighted by molar-refractivity contribution is 7.99. The van der Waals surface area contributed by atoms with Crippen molar-refractivity contribution in [1.82, 2.24) is 15.5 Å². The number of hydrogen-bond acceptors (Lipinski definition) is 6. The number of aromatic nitrogens is 2. The third-order valence-electron chi connectivity index (χ3n) is 4.47. The lowest BCUT2D eigenvalue weighted by Gasteiger charge is -2.15. The molecule has 3 rings (SSSR count). The van der Waals surface area contributed by atoms with Crippen LogP contribution in [-0.4, -0.2) is 28.5 Å². The number of alkyl halides is 2. The summed E-state index contributed by atoms with van der Waals surface area (Å²) in [5.74, 6) is 0.235. The molecule has 1 atom stereocenters. The second kappa shape index (κ2) is 9.71. The van der Waals surface area contributed by atoms with Crippen molar-refractivity contribution in [2.45, 2.75) is 38.6 Å². The molecule has 0 spiro atoms. The summed E-state index contributed by atoms with van der Waals surface area (Å²) in [5.41, 5.74) is 3.98. The second-order valence-electron chi connectivity index (χ2n) is 6.70. The summed E-state index contributed by atoms with van der Waals surface area (Å²) in [6.07, 6.45) is 0. The maximum atomic E-state index is 12.3. The van der Waals surface area contributed by atoms with Gasteiger partial charge in [0.1, 0.15) is 5.75 Å². The summed E-state index contributed by atoms with van der Waals surface area (Å²) in [5, 5.41) is 11.0. The predicted molar refractivity (Wildman–Crippen MR) is 110 cm³/mol. The molecule has 158 valence electrons. The summed E-state index contributed by atoms with van der Waals surface area (Å²) < 4.78 is 34.2. The summed E-state index contributed by atoms with van der Waals surface area (Å²) in [7, 11) is 0. The van der Waals surface area contributed by atoms with E-state index in [9.17, 15) is 13.6 Å². The monoisotopic (exact) mass is 433 g/mol. The van der Waals surface area contributed by atoms with Crippen LogP contribution >= 0.6 is 11.8 Å². The number of nitrogens with one attached hydrogen (secondary N) is 1. The Morgan fingerprint density at radius 2 is 1.87 bits per heavy atom. The smallest absolute Gasteiger partial charge is 0.387 e. The second-order valence-corrected chi connectivity index (χ2v) is 7.62. The number of carbonyl (C=O) groups excluding carboxylic acids is 1. The first-order valence-corrected chi connectivity index (χ1v) is 10.2. The number of carbonyl (C=O) groups is 1. The van der Waals surface area contributed by atoms with Crippen LogP contribution in [0.4, 0.5) is 8.78 Å². The van der Waals surface area contributed by atoms with Gasteiger partial charge in [0.15, 0.2) is 0 Å². The van der Waals surface area contributed by atoms with Gasteiger partial charge in [-0.05, 0) is 61.7 Å². The largest absolute Gasteiger partial charge is 0.435 e. The van der Waals surface area contributed by atoms with Crippen LogP contribution in [0, 0.1) is 13.8 Å². The molecule has 0 aliphatic heterocycles. The third kappa shape index (κ3) is 5.79. The highest BCUT2D eigenvalue weighted by Crippen LogP contribution is 2.25. The van der Waals surface area contributed by atoms with Gasteiger partial charge >= 0.3 is 6.61 Å². The molecule has 1 amide bonds. The zero-order valence-electron chi connectivity index (χ0n) is 16.7. The van der Waals surface area contributed by atoms with Crippen LogP contribution in [0.3, 0.4) is 0 Å². The SMILES string of the molecule is Cc1ccc(C(C)NC(=O)CSc2nnc(-c3ccc(OC(F)F)cc3)o2)cc1C. The summed E-state index contributed by atoms with van der Waals surface area (Å²) in [4.78, 5) is 12.3. The van der Waals surface area contributed by atoms with Gasteiger partial charge in [0.2, 0.25) is 11.8 Å². The molecule has 1 unspecified atom stereocenters. The lowest BCUT2D eigenvalue weighted by molar-refractivity contribution is -0.119. The van der Waals surface area contributed by atoms with Gasteiger partial charge in [-0.1, -0.05) is 30.0 Å². The van der Waals surface area contributed by atoms with E-state index in [1.165, 1.54) is 35.4 Å². The summed E-state index contributed by atoms with van der Waals surface area (Å²) in [6, 6.07) is 11.8. The Labute approximate surface area is 177 Å². The molecule has 0 saturated heterocycles. The molecule has 30 heavy (non-hydrogen) atoms. The van der Waals surface area contributed by atoms with E-state index in [4.69, 9.17) is 4.42 Å². The molecule has 1 heterocycles. The summed E-state index contributed by atoms with van der Waals surface area (Å²) >= 11 is 1.12. The van der Waals surface area contributed by atoms with E-state index in [1.807, 2.05) is 32.9 Å². The predicted octanol–water partition coefficient (Wildman–Crippen LogP) is 4.92. The molecule has 0 aliphatic rings. The minimum absolute atomic E-state index is 0.0393. The Morgan fingerprint density at radius 3 is 2.53 bits per heavy atom. The fraction of sp³-hybridized carbons (Fsp3) is 0.286. The van der Waals surface area contributed by atoms with Crippen LogP contribution < -0.4 is 10.1 Å². The number of nitrogens with zero attached hydrogens (tertiary/aromatic N) is 2. The van der Waals surface area contributed by atoms with Crippen LogP contribution in [0.15, 0.2) is 52.1 Å². The van der Waals surface area contributed by atoms with Gasteiger partial charge in [0.05, 0.1) is 11.8 Å². The van der Waals surface area contributed by atoms with Crippen LogP contribution in [0.25, 0.3) is 11.5 Å². The molecule has 0 bridgehead atoms. The molecule has 9 heteroatoms. The Bertz CT molecular complexity index is 1010. The van der Waals surface area contributed by atoms with Crippen molar-refractivity contribution >= 4 is 17.7 Å². The number of benzene rings is 2. The summed E-state index contributed by atoms with van der Waals surface area (Å²) in [6.45, 7) is 3.13. The van der Waals surface area contributed by atoms with Crippen molar-refractivity contribution in [3.8, 4) is 17.2 Å². The topological polar surface area (TPSA) is 77.2 Å². The molecular weight excluding hydrogens is 412 g/mol. The van der Waals surface area contributed by atoms with E-state index in [-0.39, 0.29) is 34.6 Å². The van der Waals surface area contributed by atoms with E-state index in [0.717, 1.165) is 17.3 Å². The zero-order chi connectivity index (χ0) is 21.7. The first-order valence-electron chi connectivity index (χ1n) is 9.20. The maximum Gasteiger partial charge on any atom is 0.387 e. The molecular formula is C21H21F2N3O3S. The van der Waals surface area contributed by atoms with Crippen LogP contribution in [-0.2, 0) is 4.79 Å². The molecule has 0 saturated carbocycles. The Hall–Kier alpha value is -2.94. The van der Waals surface area contributed by atoms with E-state index in [0.29, 0.717) is 5.56 Å².